The van der Waals surface area contributed by atoms with E-state index in [1.165, 1.54) is 30.6 Å². The number of hydrogen-bond donors (Lipinski definition) is 6. The maximum Gasteiger partial charge on any atom is 0.340 e. The molecule has 9 rings (SSSR count). The quantitative estimate of drug-likeness (QED) is 0.0136. The molecule has 3 aliphatic rings. The van der Waals surface area contributed by atoms with Gasteiger partial charge in [-0.15, -0.1) is 0 Å². The van der Waals surface area contributed by atoms with Crippen LogP contribution in [0, 0.1) is 3.57 Å². The molecule has 20 nitrogen and oxygen atoms in total. The van der Waals surface area contributed by atoms with Crippen molar-refractivity contribution in [1.29, 1.82) is 0 Å². The van der Waals surface area contributed by atoms with Gasteiger partial charge in [-0.3, -0.25) is 0 Å². The van der Waals surface area contributed by atoms with E-state index >= 15 is 0 Å². The van der Waals surface area contributed by atoms with Crippen molar-refractivity contribution >= 4 is 80.3 Å². The second-order valence-electron chi connectivity index (χ2n) is 16.8. The lowest BCUT2D eigenvalue weighted by molar-refractivity contribution is -0.0111. The number of rotatable bonds is 27. The topological polar surface area (TPSA) is 246 Å². The minimum absolute atomic E-state index is 0.00968. The number of nitrogens with two attached hydrogens (primary N) is 1. The first-order valence-corrected chi connectivity index (χ1v) is 26.1. The smallest absolute Gasteiger partial charge is 0.340 e. The highest BCUT2D eigenvalue weighted by Gasteiger charge is 2.53. The summed E-state index contributed by atoms with van der Waals surface area (Å²) in [6.45, 7) is 8.12. The van der Waals surface area contributed by atoms with Crippen LogP contribution < -0.4 is 35.9 Å². The van der Waals surface area contributed by atoms with Crippen LogP contribution in [0.4, 0.5) is 11.5 Å². The van der Waals surface area contributed by atoms with E-state index in [2.05, 4.69) is 53.1 Å². The highest BCUT2D eigenvalue weighted by molar-refractivity contribution is 14.1. The Bertz CT molecular complexity index is 2860. The molecule has 0 bridgehead atoms. The van der Waals surface area contributed by atoms with E-state index in [1.807, 2.05) is 24.3 Å². The number of anilines is 2. The number of halogens is 1. The molecule has 386 valence electrons. The molecule has 0 unspecified atom stereocenters. The largest absolute Gasteiger partial charge is 0.508 e. The zero-order valence-electron chi connectivity index (χ0n) is 39.7. The number of imidazole rings is 1. The number of fused-ring (bicyclic) bond motifs is 8. The number of esters is 1. The summed E-state index contributed by atoms with van der Waals surface area (Å²) in [4.78, 5) is 27.9. The van der Waals surface area contributed by atoms with Gasteiger partial charge in [0.15, 0.2) is 44.4 Å². The van der Waals surface area contributed by atoms with E-state index < -0.39 is 11.6 Å². The lowest BCUT2D eigenvalue weighted by Gasteiger charge is -2.36. The number of aryl methyl sites for hydroxylation is 1. The number of aromatic nitrogens is 4. The van der Waals surface area contributed by atoms with E-state index in [9.17, 15) is 15.0 Å². The molecule has 1 spiro atoms. The van der Waals surface area contributed by atoms with Gasteiger partial charge in [0.05, 0.1) is 58.4 Å². The molecule has 73 heavy (non-hydrogen) atoms. The maximum atomic E-state index is 13.4. The van der Waals surface area contributed by atoms with Gasteiger partial charge >= 0.3 is 5.97 Å². The Morgan fingerprint density at radius 2 is 1.36 bits per heavy atom. The number of thiocarbonyl (C=S) groups is 1. The summed E-state index contributed by atoms with van der Waals surface area (Å²) in [6.07, 6.45) is 3.94. The third-order valence-electron chi connectivity index (χ3n) is 11.8. The van der Waals surface area contributed by atoms with Crippen molar-refractivity contribution in [1.82, 2.24) is 30.2 Å². The number of carbonyl (C=O) groups excluding carboxylic acids is 1. The predicted molar refractivity (Wildman–Crippen MR) is 282 cm³/mol. The molecule has 0 saturated heterocycles. The van der Waals surface area contributed by atoms with Crippen LogP contribution in [0.2, 0.25) is 0 Å². The van der Waals surface area contributed by atoms with Crippen LogP contribution in [0.3, 0.4) is 0 Å². The molecule has 23 heteroatoms. The molecule has 4 aromatic carbocycles. The van der Waals surface area contributed by atoms with Crippen LogP contribution in [0.1, 0.15) is 46.3 Å². The molecule has 2 aromatic heterocycles. The Kier molecular flexibility index (Phi) is 17.8. The van der Waals surface area contributed by atoms with E-state index in [0.29, 0.717) is 147 Å². The number of nitrogens with one attached hydrogen (secondary N) is 3. The van der Waals surface area contributed by atoms with Gasteiger partial charge in [0.2, 0.25) is 6.79 Å². The molecule has 0 atom stereocenters. The summed E-state index contributed by atoms with van der Waals surface area (Å²) in [7, 11) is 0. The first-order valence-electron chi connectivity index (χ1n) is 23.8. The van der Waals surface area contributed by atoms with Crippen molar-refractivity contribution in [3.63, 3.8) is 0 Å². The average molecular weight is 1150 g/mol. The highest BCUT2D eigenvalue weighted by Crippen LogP contribution is 2.57. The fourth-order valence-corrected chi connectivity index (χ4v) is 10.3. The van der Waals surface area contributed by atoms with Crippen molar-refractivity contribution in [2.45, 2.75) is 41.5 Å². The molecule has 0 aliphatic carbocycles. The molecule has 3 aliphatic heterocycles. The minimum Gasteiger partial charge on any atom is -0.508 e. The fourth-order valence-electron chi connectivity index (χ4n) is 8.39. The molecule has 6 aromatic rings. The summed E-state index contributed by atoms with van der Waals surface area (Å²) >= 11 is 9.35. The average Bonchev–Trinajstić information content (AvgIpc) is 4.06. The van der Waals surface area contributed by atoms with Crippen molar-refractivity contribution in [2.75, 3.05) is 104 Å². The lowest BCUT2D eigenvalue weighted by Crippen LogP contribution is -2.33. The van der Waals surface area contributed by atoms with Gasteiger partial charge in [-0.2, -0.15) is 0 Å². The molecular formula is C50H55IN8O12S2. The maximum absolute atomic E-state index is 13.4. The SMILES string of the molecule is Nc1ncnc2c1nc(Sc1cc3c(cc1I)OCO3)n2CCCNCCCOCCOCCOCCOCCOCCCNC(=S)Nc1ccc2c(c1)C(=O)OC21c2ccc(O)cc2Oc2cc(O)ccc21. The Hall–Kier alpha value is -5.77. The summed E-state index contributed by atoms with van der Waals surface area (Å²) in [5.74, 6) is 1.91. The first kappa shape index (κ1) is 52.1. The zero-order chi connectivity index (χ0) is 50.6. The van der Waals surface area contributed by atoms with Crippen molar-refractivity contribution in [3.05, 3.63) is 98.9 Å². The molecule has 7 N–H and O–H groups in total. The molecular weight excluding hydrogens is 1100 g/mol. The van der Waals surface area contributed by atoms with Crippen molar-refractivity contribution < 1.29 is 57.6 Å². The molecule has 0 fully saturated rings. The van der Waals surface area contributed by atoms with Crippen LogP contribution >= 0.6 is 46.6 Å². The van der Waals surface area contributed by atoms with E-state index in [4.69, 9.17) is 65.6 Å². The fraction of sp³-hybridized carbons (Fsp3) is 0.380. The Balaban J connectivity index is 0.558. The van der Waals surface area contributed by atoms with Gasteiger partial charge in [-0.1, -0.05) is 17.8 Å². The van der Waals surface area contributed by atoms with Crippen LogP contribution in [0.15, 0.2) is 83.1 Å². The number of aromatic hydroxyl groups is 2. The summed E-state index contributed by atoms with van der Waals surface area (Å²) in [5, 5.41) is 31.3. The molecule has 0 saturated carbocycles. The third kappa shape index (κ3) is 12.6. The number of nitrogens with zero attached hydrogens (tertiary/aromatic N) is 4. The molecule has 5 heterocycles. The second kappa shape index (κ2) is 25.0. The van der Waals surface area contributed by atoms with Crippen LogP contribution in [0.25, 0.3) is 11.2 Å². The lowest BCUT2D eigenvalue weighted by atomic mass is 9.77. The number of carbonyl (C=O) groups is 1. The van der Waals surface area contributed by atoms with Gasteiger partial charge in [0.1, 0.15) is 29.3 Å². The number of hydrogen-bond acceptors (Lipinski definition) is 19. The Morgan fingerprint density at radius 1 is 0.753 bits per heavy atom. The first-order chi connectivity index (χ1) is 35.7. The van der Waals surface area contributed by atoms with Crippen molar-refractivity contribution in [3.8, 4) is 34.5 Å². The minimum atomic E-state index is -1.33. The number of benzene rings is 4. The number of phenols is 2. The second-order valence-corrected chi connectivity index (χ2v) is 19.3. The Labute approximate surface area is 444 Å². The van der Waals surface area contributed by atoms with Gasteiger partial charge in [-0.05, 0) is 116 Å². The van der Waals surface area contributed by atoms with Crippen LogP contribution in [-0.4, -0.2) is 133 Å². The number of ether oxygens (including phenoxy) is 9. The highest BCUT2D eigenvalue weighted by atomic mass is 127. The number of phenolic OH excluding ortho intramolecular Hbond substituents is 2. The van der Waals surface area contributed by atoms with Gasteiger partial charge in [0.25, 0.3) is 0 Å². The standard InChI is InChI=1S/C50H55IN8O12S2/c51-38-27-41-42(69-30-68-41)28-43(38)73-49-58-44-45(52)55-29-56-46(44)59(49)13-1-10-53-11-2-14-63-16-18-65-20-22-67-23-21-66-19-17-64-15-3-12-54-48(72)57-31-4-7-35-34(24-31)47(62)71-50(35)36-8-5-32(60)25-39(36)70-40-26-33(61)6-9-37(40)50/h4-9,24-29,53,60-61H,1-3,10-23,30H2,(H2,52,55,56)(H2,54,57,72). The normalized spacial score (nSPS) is 13.7. The van der Waals surface area contributed by atoms with E-state index in [1.54, 1.807) is 30.0 Å². The van der Waals surface area contributed by atoms with E-state index in [-0.39, 0.29) is 18.3 Å². The van der Waals surface area contributed by atoms with Crippen LogP contribution in [0.5, 0.6) is 34.5 Å². The van der Waals surface area contributed by atoms with Crippen molar-refractivity contribution in [2.24, 2.45) is 0 Å². The van der Waals surface area contributed by atoms with Gasteiger partial charge in [0, 0.05) is 69.3 Å². The predicted octanol–water partition coefficient (Wildman–Crippen LogP) is 6.70. The Morgan fingerprint density at radius 3 is 2.03 bits per heavy atom. The van der Waals surface area contributed by atoms with E-state index in [0.717, 1.165) is 51.1 Å². The number of nitrogen functional groups attached to an aromatic ring is 1. The summed E-state index contributed by atoms with van der Waals surface area (Å²) in [6, 6.07) is 18.6. The van der Waals surface area contributed by atoms with Gasteiger partial charge < -0.3 is 79.1 Å². The van der Waals surface area contributed by atoms with Gasteiger partial charge in [-0.25, -0.2) is 19.7 Å². The van der Waals surface area contributed by atoms with Crippen LogP contribution in [-0.2, 0) is 40.6 Å². The third-order valence-corrected chi connectivity index (χ3v) is 14.4. The zero-order valence-corrected chi connectivity index (χ0v) is 43.5. The molecule has 0 amide bonds. The monoisotopic (exact) mass is 1150 g/mol. The summed E-state index contributed by atoms with van der Waals surface area (Å²) < 4.78 is 54.7. The summed E-state index contributed by atoms with van der Waals surface area (Å²) in [5.41, 5.74) is 8.81. The molecule has 0 radical (unpaired) electrons.